The summed E-state index contributed by atoms with van der Waals surface area (Å²) >= 11 is 0. The molecular formula is C12H26N2. The van der Waals surface area contributed by atoms with E-state index in [1.54, 1.807) is 0 Å². The van der Waals surface area contributed by atoms with Gasteiger partial charge in [-0.15, -0.1) is 0 Å². The minimum absolute atomic E-state index is 0.665. The lowest BCUT2D eigenvalue weighted by Gasteiger charge is -2.30. The highest BCUT2D eigenvalue weighted by Crippen LogP contribution is 2.27. The van der Waals surface area contributed by atoms with Gasteiger partial charge in [0.15, 0.2) is 0 Å². The van der Waals surface area contributed by atoms with E-state index in [2.05, 4.69) is 37.9 Å². The van der Waals surface area contributed by atoms with Crippen LogP contribution in [0.1, 0.15) is 40.5 Å². The Morgan fingerprint density at radius 2 is 1.71 bits per heavy atom. The summed E-state index contributed by atoms with van der Waals surface area (Å²) in [6.45, 7) is 12.7. The number of nitrogens with one attached hydrogen (secondary N) is 1. The zero-order valence-corrected chi connectivity index (χ0v) is 10.2. The van der Waals surface area contributed by atoms with Gasteiger partial charge in [0.25, 0.3) is 0 Å². The molecule has 0 aromatic heterocycles. The molecule has 1 saturated carbocycles. The summed E-state index contributed by atoms with van der Waals surface area (Å²) < 4.78 is 0. The Morgan fingerprint density at radius 1 is 1.14 bits per heavy atom. The van der Waals surface area contributed by atoms with Gasteiger partial charge >= 0.3 is 0 Å². The molecule has 0 amide bonds. The summed E-state index contributed by atoms with van der Waals surface area (Å²) in [6.07, 6.45) is 2.90. The second-order valence-electron chi connectivity index (χ2n) is 5.07. The van der Waals surface area contributed by atoms with Crippen molar-refractivity contribution in [3.63, 3.8) is 0 Å². The van der Waals surface area contributed by atoms with Crippen LogP contribution in [-0.4, -0.2) is 36.6 Å². The van der Waals surface area contributed by atoms with Crippen molar-refractivity contribution in [1.29, 1.82) is 0 Å². The molecule has 0 saturated heterocycles. The maximum Gasteiger partial charge on any atom is 0.0112 e. The molecule has 0 aromatic rings. The van der Waals surface area contributed by atoms with Gasteiger partial charge in [-0.1, -0.05) is 0 Å². The molecule has 0 bridgehead atoms. The van der Waals surface area contributed by atoms with E-state index in [1.165, 1.54) is 25.9 Å². The number of hydrogen-bond donors (Lipinski definition) is 1. The molecule has 0 heterocycles. The van der Waals surface area contributed by atoms with Gasteiger partial charge in [0.1, 0.15) is 0 Å². The van der Waals surface area contributed by atoms with Crippen molar-refractivity contribution in [2.45, 2.75) is 52.6 Å². The molecule has 1 rings (SSSR count). The first kappa shape index (κ1) is 12.0. The molecule has 1 N–H and O–H groups in total. The maximum absolute atomic E-state index is 3.55. The number of nitrogens with zero attached hydrogens (tertiary/aromatic N) is 1. The summed E-state index contributed by atoms with van der Waals surface area (Å²) in [5.74, 6) is 1.00. The van der Waals surface area contributed by atoms with Crippen molar-refractivity contribution in [2.75, 3.05) is 19.6 Å². The smallest absolute Gasteiger partial charge is 0.0112 e. The first-order valence-corrected chi connectivity index (χ1v) is 6.07. The van der Waals surface area contributed by atoms with Crippen molar-refractivity contribution >= 4 is 0 Å². The zero-order chi connectivity index (χ0) is 10.6. The van der Waals surface area contributed by atoms with Crippen LogP contribution in [0.3, 0.4) is 0 Å². The largest absolute Gasteiger partial charge is 0.315 e. The van der Waals surface area contributed by atoms with Gasteiger partial charge in [-0.2, -0.15) is 0 Å². The predicted molar refractivity (Wildman–Crippen MR) is 62.6 cm³/mol. The lowest BCUT2D eigenvalue weighted by Crippen LogP contribution is -2.41. The molecular weight excluding hydrogens is 172 g/mol. The van der Waals surface area contributed by atoms with Gasteiger partial charge in [-0.25, -0.2) is 0 Å². The van der Waals surface area contributed by atoms with Crippen molar-refractivity contribution in [1.82, 2.24) is 10.2 Å². The van der Waals surface area contributed by atoms with E-state index in [1.807, 2.05) is 0 Å². The van der Waals surface area contributed by atoms with E-state index in [4.69, 9.17) is 0 Å². The molecule has 1 aliphatic carbocycles. The fourth-order valence-corrected chi connectivity index (χ4v) is 1.95. The molecule has 2 heteroatoms. The predicted octanol–water partition coefficient (Wildman–Crippen LogP) is 2.10. The summed E-state index contributed by atoms with van der Waals surface area (Å²) in [4.78, 5) is 2.54. The highest BCUT2D eigenvalue weighted by Gasteiger charge is 2.20. The summed E-state index contributed by atoms with van der Waals surface area (Å²) in [6, 6.07) is 1.33. The molecule has 0 atom stereocenters. The minimum atomic E-state index is 0.665. The van der Waals surface area contributed by atoms with Crippen molar-refractivity contribution in [2.24, 2.45) is 5.92 Å². The van der Waals surface area contributed by atoms with Gasteiger partial charge in [0, 0.05) is 25.2 Å². The average molecular weight is 198 g/mol. The van der Waals surface area contributed by atoms with E-state index >= 15 is 0 Å². The van der Waals surface area contributed by atoms with Crippen LogP contribution in [0.5, 0.6) is 0 Å². The van der Waals surface area contributed by atoms with Crippen LogP contribution in [-0.2, 0) is 0 Å². The number of hydrogen-bond acceptors (Lipinski definition) is 2. The van der Waals surface area contributed by atoms with Crippen LogP contribution in [0.25, 0.3) is 0 Å². The highest BCUT2D eigenvalue weighted by molar-refractivity contribution is 4.76. The Bertz CT molecular complexity index is 142. The van der Waals surface area contributed by atoms with Crippen LogP contribution in [0.15, 0.2) is 0 Å². The van der Waals surface area contributed by atoms with E-state index < -0.39 is 0 Å². The van der Waals surface area contributed by atoms with E-state index in [0.717, 1.165) is 12.5 Å². The van der Waals surface area contributed by atoms with Gasteiger partial charge < -0.3 is 5.32 Å². The second-order valence-corrected chi connectivity index (χ2v) is 5.07. The molecule has 2 nitrogen and oxygen atoms in total. The fourth-order valence-electron chi connectivity index (χ4n) is 1.95. The lowest BCUT2D eigenvalue weighted by atomic mass is 10.2. The van der Waals surface area contributed by atoms with Crippen LogP contribution >= 0.6 is 0 Å². The molecule has 14 heavy (non-hydrogen) atoms. The molecule has 1 aliphatic rings. The Kier molecular flexibility index (Phi) is 4.90. The monoisotopic (exact) mass is 198 g/mol. The Hall–Kier alpha value is -0.0800. The van der Waals surface area contributed by atoms with Crippen molar-refractivity contribution in [3.05, 3.63) is 0 Å². The molecule has 0 aliphatic heterocycles. The maximum atomic E-state index is 3.55. The minimum Gasteiger partial charge on any atom is -0.315 e. The fraction of sp³-hybridized carbons (Fsp3) is 1.00. The highest BCUT2D eigenvalue weighted by atomic mass is 15.2. The molecule has 84 valence electrons. The SMILES string of the molecule is CC(C)N(CCNCC1CC1)C(C)C. The van der Waals surface area contributed by atoms with Crippen LogP contribution in [0, 0.1) is 5.92 Å². The standard InChI is InChI=1S/C12H26N2/c1-10(2)14(11(3)4)8-7-13-9-12-5-6-12/h10-13H,5-9H2,1-4H3. The van der Waals surface area contributed by atoms with Gasteiger partial charge in [-0.05, 0) is 53.0 Å². The molecule has 0 unspecified atom stereocenters. The van der Waals surface area contributed by atoms with E-state index in [9.17, 15) is 0 Å². The summed E-state index contributed by atoms with van der Waals surface area (Å²) in [5.41, 5.74) is 0. The second kappa shape index (κ2) is 5.72. The third-order valence-corrected chi connectivity index (χ3v) is 3.00. The Labute approximate surface area is 89.1 Å². The number of rotatable bonds is 7. The van der Waals surface area contributed by atoms with Crippen LogP contribution in [0.2, 0.25) is 0 Å². The zero-order valence-electron chi connectivity index (χ0n) is 10.2. The lowest BCUT2D eigenvalue weighted by molar-refractivity contribution is 0.176. The van der Waals surface area contributed by atoms with E-state index in [-0.39, 0.29) is 0 Å². The van der Waals surface area contributed by atoms with Gasteiger partial charge in [-0.3, -0.25) is 4.90 Å². The van der Waals surface area contributed by atoms with E-state index in [0.29, 0.717) is 12.1 Å². The first-order valence-electron chi connectivity index (χ1n) is 6.07. The summed E-state index contributed by atoms with van der Waals surface area (Å²) in [5, 5.41) is 3.55. The van der Waals surface area contributed by atoms with Crippen LogP contribution < -0.4 is 5.32 Å². The van der Waals surface area contributed by atoms with Gasteiger partial charge in [0.2, 0.25) is 0 Å². The van der Waals surface area contributed by atoms with Crippen LogP contribution in [0.4, 0.5) is 0 Å². The molecule has 0 spiro atoms. The summed E-state index contributed by atoms with van der Waals surface area (Å²) in [7, 11) is 0. The van der Waals surface area contributed by atoms with Crippen molar-refractivity contribution in [3.8, 4) is 0 Å². The quantitative estimate of drug-likeness (QED) is 0.630. The Balaban J connectivity index is 2.05. The molecule has 0 radical (unpaired) electrons. The molecule has 1 fully saturated rings. The average Bonchev–Trinajstić information content (AvgIpc) is 2.86. The third-order valence-electron chi connectivity index (χ3n) is 3.00. The topological polar surface area (TPSA) is 15.3 Å². The third kappa shape index (κ3) is 4.43. The Morgan fingerprint density at radius 3 is 2.14 bits per heavy atom. The first-order chi connectivity index (χ1) is 6.61. The normalized spacial score (nSPS) is 17.4. The van der Waals surface area contributed by atoms with Crippen molar-refractivity contribution < 1.29 is 0 Å². The molecule has 0 aromatic carbocycles. The van der Waals surface area contributed by atoms with Gasteiger partial charge in [0.05, 0.1) is 0 Å².